The number of hydrogen-bond acceptors (Lipinski definition) is 3. The van der Waals surface area contributed by atoms with Crippen LogP contribution in [0.4, 0.5) is 5.69 Å². The van der Waals surface area contributed by atoms with E-state index in [0.29, 0.717) is 27.3 Å². The summed E-state index contributed by atoms with van der Waals surface area (Å²) in [6.45, 7) is 1.77. The molecule has 1 N–H and O–H groups in total. The van der Waals surface area contributed by atoms with Crippen LogP contribution < -0.4 is 10.1 Å². The molecule has 25 heavy (non-hydrogen) atoms. The van der Waals surface area contributed by atoms with Crippen molar-refractivity contribution in [3.63, 3.8) is 0 Å². The van der Waals surface area contributed by atoms with Gasteiger partial charge in [-0.25, -0.2) is 0 Å². The third kappa shape index (κ3) is 4.39. The lowest BCUT2D eigenvalue weighted by molar-refractivity contribution is -0.117. The number of fused-ring (bicyclic) bond motifs is 1. The monoisotopic (exact) mass is 398 g/mol. The van der Waals surface area contributed by atoms with E-state index in [1.807, 2.05) is 12.1 Å². The minimum absolute atomic E-state index is 0.169. The Morgan fingerprint density at radius 2 is 1.88 bits per heavy atom. The Morgan fingerprint density at radius 3 is 2.56 bits per heavy atom. The standard InChI is InChI=1S/C18H17Cl3N2O2/c1-25-14-3-2-11-4-5-23(9-12(11)6-14)10-17(24)22-18-15(20)7-13(19)8-16(18)21/h2-3,6-8H,4-5,9-10H2,1H3,(H,22,24). The number of hydrogen-bond donors (Lipinski definition) is 1. The van der Waals surface area contributed by atoms with E-state index in [1.165, 1.54) is 11.1 Å². The van der Waals surface area contributed by atoms with Crippen LogP contribution in [0.5, 0.6) is 5.75 Å². The Morgan fingerprint density at radius 1 is 1.16 bits per heavy atom. The molecule has 1 heterocycles. The Balaban J connectivity index is 1.66. The maximum Gasteiger partial charge on any atom is 0.238 e. The largest absolute Gasteiger partial charge is 0.497 e. The first-order chi connectivity index (χ1) is 12.0. The summed E-state index contributed by atoms with van der Waals surface area (Å²) in [4.78, 5) is 14.5. The minimum atomic E-state index is -0.169. The molecule has 7 heteroatoms. The first kappa shape index (κ1) is 18.3. The molecule has 2 aromatic rings. The second-order valence-corrected chi connectivity index (χ2v) is 7.14. The first-order valence-corrected chi connectivity index (χ1v) is 8.92. The molecule has 1 amide bonds. The van der Waals surface area contributed by atoms with Gasteiger partial charge in [0.15, 0.2) is 0 Å². The predicted octanol–water partition coefficient (Wildman–Crippen LogP) is 4.65. The molecule has 1 aliphatic rings. The summed E-state index contributed by atoms with van der Waals surface area (Å²) in [6, 6.07) is 9.17. The zero-order valence-electron chi connectivity index (χ0n) is 13.6. The zero-order chi connectivity index (χ0) is 18.0. The molecule has 0 saturated carbocycles. The highest BCUT2D eigenvalue weighted by Gasteiger charge is 2.20. The molecule has 2 aromatic carbocycles. The van der Waals surface area contributed by atoms with E-state index >= 15 is 0 Å². The van der Waals surface area contributed by atoms with E-state index in [2.05, 4.69) is 16.3 Å². The molecule has 1 aliphatic heterocycles. The van der Waals surface area contributed by atoms with Gasteiger partial charge < -0.3 is 10.1 Å². The van der Waals surface area contributed by atoms with E-state index in [-0.39, 0.29) is 12.5 Å². The molecule has 3 rings (SSSR count). The quantitative estimate of drug-likeness (QED) is 0.813. The molecular formula is C18H17Cl3N2O2. The average molecular weight is 400 g/mol. The van der Waals surface area contributed by atoms with E-state index in [9.17, 15) is 4.79 Å². The fraction of sp³-hybridized carbons (Fsp3) is 0.278. The number of methoxy groups -OCH3 is 1. The number of ether oxygens (including phenoxy) is 1. The highest BCUT2D eigenvalue weighted by Crippen LogP contribution is 2.33. The summed E-state index contributed by atoms with van der Waals surface area (Å²) in [7, 11) is 1.65. The van der Waals surface area contributed by atoms with Gasteiger partial charge in [-0.2, -0.15) is 0 Å². The van der Waals surface area contributed by atoms with Gasteiger partial charge in [-0.05, 0) is 41.8 Å². The van der Waals surface area contributed by atoms with Crippen LogP contribution in [0.2, 0.25) is 15.1 Å². The van der Waals surface area contributed by atoms with Crippen molar-refractivity contribution in [2.45, 2.75) is 13.0 Å². The number of amides is 1. The number of nitrogens with one attached hydrogen (secondary N) is 1. The van der Waals surface area contributed by atoms with Crippen LogP contribution in [0.15, 0.2) is 30.3 Å². The lowest BCUT2D eigenvalue weighted by Crippen LogP contribution is -2.37. The van der Waals surface area contributed by atoms with Gasteiger partial charge in [-0.1, -0.05) is 40.9 Å². The Hall–Kier alpha value is -1.46. The average Bonchev–Trinajstić information content (AvgIpc) is 2.57. The summed E-state index contributed by atoms with van der Waals surface area (Å²) >= 11 is 18.1. The number of benzene rings is 2. The van der Waals surface area contributed by atoms with Crippen LogP contribution in [-0.2, 0) is 17.8 Å². The van der Waals surface area contributed by atoms with E-state index in [1.54, 1.807) is 19.2 Å². The lowest BCUT2D eigenvalue weighted by Gasteiger charge is -2.28. The maximum absolute atomic E-state index is 12.4. The molecular weight excluding hydrogens is 383 g/mol. The van der Waals surface area contributed by atoms with Crippen molar-refractivity contribution in [2.75, 3.05) is 25.5 Å². The molecule has 0 fully saturated rings. The lowest BCUT2D eigenvalue weighted by atomic mass is 9.99. The van der Waals surface area contributed by atoms with Gasteiger partial charge in [-0.15, -0.1) is 0 Å². The van der Waals surface area contributed by atoms with Crippen LogP contribution >= 0.6 is 34.8 Å². The molecule has 0 radical (unpaired) electrons. The van der Waals surface area contributed by atoms with E-state index in [4.69, 9.17) is 39.5 Å². The van der Waals surface area contributed by atoms with Crippen molar-refractivity contribution in [3.05, 3.63) is 56.5 Å². The number of halogens is 3. The molecule has 0 atom stereocenters. The molecule has 0 spiro atoms. The van der Waals surface area contributed by atoms with Crippen LogP contribution in [0.1, 0.15) is 11.1 Å². The SMILES string of the molecule is COc1ccc2c(c1)CN(CC(=O)Nc1c(Cl)cc(Cl)cc1Cl)CC2. The number of nitrogens with zero attached hydrogens (tertiary/aromatic N) is 1. The van der Waals surface area contributed by atoms with Crippen molar-refractivity contribution in [1.82, 2.24) is 4.90 Å². The van der Waals surface area contributed by atoms with Gasteiger partial charge in [0.05, 0.1) is 29.4 Å². The Kier molecular flexibility index (Phi) is 5.74. The van der Waals surface area contributed by atoms with Crippen molar-refractivity contribution >= 4 is 46.4 Å². The topological polar surface area (TPSA) is 41.6 Å². The van der Waals surface area contributed by atoms with E-state index < -0.39 is 0 Å². The molecule has 0 aromatic heterocycles. The van der Waals surface area contributed by atoms with Crippen molar-refractivity contribution in [3.8, 4) is 5.75 Å². The molecule has 4 nitrogen and oxygen atoms in total. The second kappa shape index (κ2) is 7.83. The van der Waals surface area contributed by atoms with Crippen molar-refractivity contribution < 1.29 is 9.53 Å². The smallest absolute Gasteiger partial charge is 0.238 e. The Bertz CT molecular complexity index is 788. The van der Waals surface area contributed by atoms with Gasteiger partial charge in [-0.3, -0.25) is 9.69 Å². The van der Waals surface area contributed by atoms with E-state index in [0.717, 1.165) is 18.7 Å². The third-order valence-corrected chi connectivity index (χ3v) is 4.96. The summed E-state index contributed by atoms with van der Waals surface area (Å²) in [5.41, 5.74) is 2.86. The Labute approximate surface area is 161 Å². The highest BCUT2D eigenvalue weighted by molar-refractivity contribution is 6.42. The number of anilines is 1. The van der Waals surface area contributed by atoms with Crippen LogP contribution in [0.25, 0.3) is 0 Å². The third-order valence-electron chi connectivity index (χ3n) is 4.14. The van der Waals surface area contributed by atoms with Crippen LogP contribution in [0, 0.1) is 0 Å². The number of carbonyl (C=O) groups is 1. The molecule has 0 aliphatic carbocycles. The summed E-state index contributed by atoms with van der Waals surface area (Å²) in [5.74, 6) is 0.655. The molecule has 0 bridgehead atoms. The van der Waals surface area contributed by atoms with Crippen LogP contribution in [-0.4, -0.2) is 31.0 Å². The van der Waals surface area contributed by atoms with Crippen LogP contribution in [0.3, 0.4) is 0 Å². The maximum atomic E-state index is 12.4. The summed E-state index contributed by atoms with van der Waals surface area (Å²) < 4.78 is 5.27. The van der Waals surface area contributed by atoms with Gasteiger partial charge in [0.25, 0.3) is 0 Å². The zero-order valence-corrected chi connectivity index (χ0v) is 15.9. The molecule has 0 unspecified atom stereocenters. The van der Waals surface area contributed by atoms with Crippen molar-refractivity contribution in [1.29, 1.82) is 0 Å². The summed E-state index contributed by atoms with van der Waals surface area (Å²) in [5, 5.41) is 3.84. The summed E-state index contributed by atoms with van der Waals surface area (Å²) in [6.07, 6.45) is 0.898. The highest BCUT2D eigenvalue weighted by atomic mass is 35.5. The van der Waals surface area contributed by atoms with Gasteiger partial charge in [0.1, 0.15) is 5.75 Å². The fourth-order valence-electron chi connectivity index (χ4n) is 2.90. The van der Waals surface area contributed by atoms with Gasteiger partial charge in [0.2, 0.25) is 5.91 Å². The normalized spacial score (nSPS) is 14.1. The fourth-order valence-corrected chi connectivity index (χ4v) is 3.81. The first-order valence-electron chi connectivity index (χ1n) is 7.79. The van der Waals surface area contributed by atoms with Gasteiger partial charge in [0, 0.05) is 18.1 Å². The minimum Gasteiger partial charge on any atom is -0.497 e. The van der Waals surface area contributed by atoms with Crippen molar-refractivity contribution in [2.24, 2.45) is 0 Å². The number of carbonyl (C=O) groups excluding carboxylic acids is 1. The number of rotatable bonds is 4. The second-order valence-electron chi connectivity index (χ2n) is 5.89. The predicted molar refractivity (Wildman–Crippen MR) is 102 cm³/mol. The molecule has 132 valence electrons. The van der Waals surface area contributed by atoms with Gasteiger partial charge >= 0.3 is 0 Å². The molecule has 0 saturated heterocycles.